The van der Waals surface area contributed by atoms with Gasteiger partial charge < -0.3 is 5.73 Å². The second-order valence-corrected chi connectivity index (χ2v) is 3.66. The second kappa shape index (κ2) is 4.21. The van der Waals surface area contributed by atoms with Crippen LogP contribution in [0.4, 0.5) is 13.2 Å². The molecule has 0 unspecified atom stereocenters. The summed E-state index contributed by atoms with van der Waals surface area (Å²) in [4.78, 5) is 0. The topological polar surface area (TPSA) is 49.8 Å². The number of benzene rings is 1. The molecule has 2 N–H and O–H groups in total. The summed E-state index contributed by atoms with van der Waals surface area (Å²) in [6, 6.07) is 3.69. The molecule has 1 aromatic carbocycles. The Morgan fingerprint density at radius 2 is 2.00 bits per heavy atom. The molecule has 0 aromatic heterocycles. The van der Waals surface area contributed by atoms with Gasteiger partial charge in [0.1, 0.15) is 6.07 Å². The van der Waals surface area contributed by atoms with Crippen LogP contribution in [0.2, 0.25) is 0 Å². The van der Waals surface area contributed by atoms with E-state index in [1.165, 1.54) is 6.07 Å². The second-order valence-electron chi connectivity index (χ2n) is 2.80. The zero-order chi connectivity index (χ0) is 11.6. The van der Waals surface area contributed by atoms with Crippen LogP contribution in [0.25, 0.3) is 0 Å². The Hall–Kier alpha value is -1.06. The van der Waals surface area contributed by atoms with Crippen LogP contribution >= 0.6 is 15.9 Å². The minimum atomic E-state index is -4.49. The number of halogens is 4. The van der Waals surface area contributed by atoms with E-state index in [4.69, 9.17) is 11.0 Å². The molecule has 0 atom stereocenters. The van der Waals surface area contributed by atoms with Gasteiger partial charge in [0.2, 0.25) is 0 Å². The van der Waals surface area contributed by atoms with Crippen LogP contribution in [-0.4, -0.2) is 0 Å². The lowest BCUT2D eigenvalue weighted by molar-refractivity contribution is -0.138. The first-order valence-electron chi connectivity index (χ1n) is 3.90. The maximum absolute atomic E-state index is 12.5. The molecule has 0 amide bonds. The summed E-state index contributed by atoms with van der Waals surface area (Å²) in [5.74, 6) is 0. The molecule has 1 rings (SSSR count). The summed E-state index contributed by atoms with van der Waals surface area (Å²) < 4.78 is 37.8. The van der Waals surface area contributed by atoms with Crippen LogP contribution in [0.3, 0.4) is 0 Å². The summed E-state index contributed by atoms with van der Waals surface area (Å²) in [6.07, 6.45) is -4.49. The third-order valence-electron chi connectivity index (χ3n) is 1.84. The number of hydrogen-bond acceptors (Lipinski definition) is 2. The van der Waals surface area contributed by atoms with Gasteiger partial charge >= 0.3 is 6.18 Å². The van der Waals surface area contributed by atoms with Crippen molar-refractivity contribution in [2.75, 3.05) is 0 Å². The third kappa shape index (κ3) is 2.49. The monoisotopic (exact) mass is 278 g/mol. The van der Waals surface area contributed by atoms with Gasteiger partial charge in [0, 0.05) is 11.0 Å². The van der Waals surface area contributed by atoms with Crippen molar-refractivity contribution < 1.29 is 13.2 Å². The lowest BCUT2D eigenvalue weighted by Crippen LogP contribution is -2.12. The quantitative estimate of drug-likeness (QED) is 0.859. The number of nitriles is 1. The molecule has 2 nitrogen and oxygen atoms in total. The van der Waals surface area contributed by atoms with Gasteiger partial charge in [-0.05, 0) is 33.6 Å². The highest BCUT2D eigenvalue weighted by atomic mass is 79.9. The Bertz CT molecular complexity index is 421. The Kier molecular flexibility index (Phi) is 3.37. The molecule has 0 saturated carbocycles. The first-order valence-corrected chi connectivity index (χ1v) is 4.69. The summed E-state index contributed by atoms with van der Waals surface area (Å²) >= 11 is 3.00. The summed E-state index contributed by atoms with van der Waals surface area (Å²) in [7, 11) is 0. The average Bonchev–Trinajstić information content (AvgIpc) is 2.15. The molecule has 15 heavy (non-hydrogen) atoms. The smallest absolute Gasteiger partial charge is 0.326 e. The lowest BCUT2D eigenvalue weighted by Gasteiger charge is -2.12. The van der Waals surface area contributed by atoms with Gasteiger partial charge in [0.15, 0.2) is 0 Å². The molecule has 0 aliphatic heterocycles. The Morgan fingerprint density at radius 1 is 1.40 bits per heavy atom. The zero-order valence-corrected chi connectivity index (χ0v) is 8.98. The lowest BCUT2D eigenvalue weighted by atomic mass is 10.0. The van der Waals surface area contributed by atoms with Crippen molar-refractivity contribution in [2.45, 2.75) is 12.7 Å². The highest BCUT2D eigenvalue weighted by Crippen LogP contribution is 2.34. The maximum Gasteiger partial charge on any atom is 0.416 e. The predicted octanol–water partition coefficient (Wildman–Crippen LogP) is 2.80. The van der Waals surface area contributed by atoms with Gasteiger partial charge in [0.05, 0.1) is 11.1 Å². The summed E-state index contributed by atoms with van der Waals surface area (Å²) in [5, 5.41) is 8.59. The Morgan fingerprint density at radius 3 is 2.40 bits per heavy atom. The SMILES string of the molecule is N#Cc1cc(C(F)(F)F)c(CN)cc1Br. The van der Waals surface area contributed by atoms with Crippen LogP contribution in [0.1, 0.15) is 16.7 Å². The molecule has 0 aliphatic carbocycles. The molecule has 0 heterocycles. The summed E-state index contributed by atoms with van der Waals surface area (Å²) in [5.41, 5.74) is 4.26. The molecule has 0 spiro atoms. The van der Waals surface area contributed by atoms with Crippen molar-refractivity contribution in [3.8, 4) is 6.07 Å². The van der Waals surface area contributed by atoms with Gasteiger partial charge in [-0.1, -0.05) is 0 Å². The molecule has 0 fully saturated rings. The molecule has 0 saturated heterocycles. The van der Waals surface area contributed by atoms with Gasteiger partial charge in [-0.15, -0.1) is 0 Å². The van der Waals surface area contributed by atoms with E-state index in [0.29, 0.717) is 4.47 Å². The van der Waals surface area contributed by atoms with E-state index < -0.39 is 11.7 Å². The molecule has 0 aliphatic rings. The van der Waals surface area contributed by atoms with E-state index in [0.717, 1.165) is 6.07 Å². The number of alkyl halides is 3. The minimum absolute atomic E-state index is 0.0339. The molecule has 6 heteroatoms. The first kappa shape index (κ1) is 12.0. The fourth-order valence-corrected chi connectivity index (χ4v) is 1.61. The standard InChI is InChI=1S/C9H6BrF3N2/c10-8-2-5(3-14)7(9(11,12)13)1-6(8)4-15/h1-2H,3,14H2. The van der Waals surface area contributed by atoms with Crippen molar-refractivity contribution in [1.82, 2.24) is 0 Å². The normalized spacial score (nSPS) is 11.2. The van der Waals surface area contributed by atoms with Gasteiger partial charge in [-0.2, -0.15) is 18.4 Å². The van der Waals surface area contributed by atoms with E-state index in [1.54, 1.807) is 6.07 Å². The van der Waals surface area contributed by atoms with E-state index in [-0.39, 0.29) is 17.7 Å². The van der Waals surface area contributed by atoms with Crippen LogP contribution in [0.5, 0.6) is 0 Å². The van der Waals surface area contributed by atoms with E-state index in [1.807, 2.05) is 0 Å². The highest BCUT2D eigenvalue weighted by molar-refractivity contribution is 9.10. The number of hydrogen-bond donors (Lipinski definition) is 1. The maximum atomic E-state index is 12.5. The summed E-state index contributed by atoms with van der Waals surface area (Å²) in [6.45, 7) is -0.223. The van der Waals surface area contributed by atoms with E-state index in [9.17, 15) is 13.2 Å². The van der Waals surface area contributed by atoms with Crippen molar-refractivity contribution in [3.05, 3.63) is 33.3 Å². The van der Waals surface area contributed by atoms with Crippen LogP contribution < -0.4 is 5.73 Å². The fraction of sp³-hybridized carbons (Fsp3) is 0.222. The molecule has 1 aromatic rings. The van der Waals surface area contributed by atoms with Crippen molar-refractivity contribution in [2.24, 2.45) is 5.73 Å². The first-order chi connectivity index (χ1) is 6.90. The molecule has 80 valence electrons. The van der Waals surface area contributed by atoms with Gasteiger partial charge in [-0.3, -0.25) is 0 Å². The molecule has 0 bridgehead atoms. The largest absolute Gasteiger partial charge is 0.416 e. The van der Waals surface area contributed by atoms with E-state index in [2.05, 4.69) is 15.9 Å². The number of nitrogens with zero attached hydrogens (tertiary/aromatic N) is 1. The average molecular weight is 279 g/mol. The van der Waals surface area contributed by atoms with Crippen molar-refractivity contribution in [3.63, 3.8) is 0 Å². The number of nitrogens with two attached hydrogens (primary N) is 1. The van der Waals surface area contributed by atoms with Crippen LogP contribution in [0.15, 0.2) is 16.6 Å². The van der Waals surface area contributed by atoms with Crippen molar-refractivity contribution >= 4 is 15.9 Å². The predicted molar refractivity (Wildman–Crippen MR) is 51.8 cm³/mol. The third-order valence-corrected chi connectivity index (χ3v) is 2.49. The minimum Gasteiger partial charge on any atom is -0.326 e. The van der Waals surface area contributed by atoms with Gasteiger partial charge in [0.25, 0.3) is 0 Å². The van der Waals surface area contributed by atoms with Crippen molar-refractivity contribution in [1.29, 1.82) is 5.26 Å². The van der Waals surface area contributed by atoms with E-state index >= 15 is 0 Å². The molecular weight excluding hydrogens is 273 g/mol. The number of rotatable bonds is 1. The fourth-order valence-electron chi connectivity index (χ4n) is 1.13. The van der Waals surface area contributed by atoms with Gasteiger partial charge in [-0.25, -0.2) is 0 Å². The molecule has 0 radical (unpaired) electrons. The zero-order valence-electron chi connectivity index (χ0n) is 7.40. The van der Waals surface area contributed by atoms with Crippen LogP contribution in [-0.2, 0) is 12.7 Å². The Labute approximate surface area is 92.6 Å². The Balaban J connectivity index is 3.44. The van der Waals surface area contributed by atoms with Crippen LogP contribution in [0, 0.1) is 11.3 Å². The highest BCUT2D eigenvalue weighted by Gasteiger charge is 2.33. The molecular formula is C9H6BrF3N2.